The van der Waals surface area contributed by atoms with Crippen molar-refractivity contribution >= 4 is 5.57 Å². The van der Waals surface area contributed by atoms with E-state index < -0.39 is 0 Å². The Morgan fingerprint density at radius 1 is 1.67 bits per heavy atom. The average molecular weight is 161 g/mol. The highest BCUT2D eigenvalue weighted by molar-refractivity contribution is 5.64. The molecule has 1 rings (SSSR count). The smallest absolute Gasteiger partial charge is 0.130 e. The van der Waals surface area contributed by atoms with Gasteiger partial charge in [0, 0.05) is 11.6 Å². The van der Waals surface area contributed by atoms with Crippen LogP contribution in [0.25, 0.3) is 5.57 Å². The van der Waals surface area contributed by atoms with E-state index in [0.29, 0.717) is 5.92 Å². The van der Waals surface area contributed by atoms with E-state index in [1.807, 2.05) is 32.0 Å². The third-order valence-electron chi connectivity index (χ3n) is 1.65. The summed E-state index contributed by atoms with van der Waals surface area (Å²) >= 11 is 0. The standard InChI is InChI=1S/C10H11NO/c1-8(2)9(5-6-11)10-4-3-7-12-10/h3-5,7-8H,1-2H3/b9-5+. The molecule has 0 amide bonds. The van der Waals surface area contributed by atoms with Gasteiger partial charge >= 0.3 is 0 Å². The first-order valence-electron chi connectivity index (χ1n) is 3.89. The number of allylic oxidation sites excluding steroid dienone is 2. The van der Waals surface area contributed by atoms with Crippen molar-refractivity contribution in [1.29, 1.82) is 5.26 Å². The highest BCUT2D eigenvalue weighted by Gasteiger charge is 2.07. The monoisotopic (exact) mass is 161 g/mol. The highest BCUT2D eigenvalue weighted by Crippen LogP contribution is 2.22. The molecule has 0 N–H and O–H groups in total. The van der Waals surface area contributed by atoms with Crippen molar-refractivity contribution in [2.45, 2.75) is 13.8 Å². The molecule has 0 radical (unpaired) electrons. The maximum absolute atomic E-state index is 8.52. The number of rotatable bonds is 2. The zero-order chi connectivity index (χ0) is 8.97. The summed E-state index contributed by atoms with van der Waals surface area (Å²) in [6, 6.07) is 5.70. The molecule has 0 fully saturated rings. The quantitative estimate of drug-likeness (QED) is 0.625. The van der Waals surface area contributed by atoms with Crippen molar-refractivity contribution in [3.8, 4) is 6.07 Å². The van der Waals surface area contributed by atoms with Crippen LogP contribution in [0.4, 0.5) is 0 Å². The lowest BCUT2D eigenvalue weighted by Gasteiger charge is -2.05. The van der Waals surface area contributed by atoms with Gasteiger partial charge in [-0.25, -0.2) is 0 Å². The van der Waals surface area contributed by atoms with E-state index in [9.17, 15) is 0 Å². The number of hydrogen-bond donors (Lipinski definition) is 0. The summed E-state index contributed by atoms with van der Waals surface area (Å²) in [7, 11) is 0. The average Bonchev–Trinajstić information content (AvgIpc) is 2.51. The molecule has 0 saturated carbocycles. The fourth-order valence-electron chi connectivity index (χ4n) is 1.03. The zero-order valence-electron chi connectivity index (χ0n) is 7.24. The van der Waals surface area contributed by atoms with Crippen LogP contribution in [0.2, 0.25) is 0 Å². The van der Waals surface area contributed by atoms with Gasteiger partial charge in [0.25, 0.3) is 0 Å². The van der Waals surface area contributed by atoms with E-state index in [4.69, 9.17) is 9.68 Å². The maximum Gasteiger partial charge on any atom is 0.130 e. The highest BCUT2D eigenvalue weighted by atomic mass is 16.3. The molecule has 2 heteroatoms. The molecule has 0 bridgehead atoms. The van der Waals surface area contributed by atoms with Crippen LogP contribution < -0.4 is 0 Å². The summed E-state index contributed by atoms with van der Waals surface area (Å²) in [5.41, 5.74) is 0.947. The minimum atomic E-state index is 0.316. The van der Waals surface area contributed by atoms with Crippen molar-refractivity contribution in [1.82, 2.24) is 0 Å². The summed E-state index contributed by atoms with van der Waals surface area (Å²) < 4.78 is 5.19. The van der Waals surface area contributed by atoms with Crippen LogP contribution in [0.3, 0.4) is 0 Å². The molecule has 0 aromatic carbocycles. The lowest BCUT2D eigenvalue weighted by atomic mass is 10.0. The summed E-state index contributed by atoms with van der Waals surface area (Å²) in [6.07, 6.45) is 3.15. The van der Waals surface area contributed by atoms with E-state index >= 15 is 0 Å². The third-order valence-corrected chi connectivity index (χ3v) is 1.65. The Bertz CT molecular complexity index is 301. The van der Waals surface area contributed by atoms with E-state index in [1.54, 1.807) is 6.26 Å². The van der Waals surface area contributed by atoms with Crippen molar-refractivity contribution < 1.29 is 4.42 Å². The second-order valence-electron chi connectivity index (χ2n) is 2.86. The van der Waals surface area contributed by atoms with Crippen molar-refractivity contribution in [3.63, 3.8) is 0 Å². The number of nitriles is 1. The van der Waals surface area contributed by atoms with Crippen molar-refractivity contribution in [3.05, 3.63) is 30.2 Å². The fourth-order valence-corrected chi connectivity index (χ4v) is 1.03. The summed E-state index contributed by atoms with van der Waals surface area (Å²) in [5.74, 6) is 1.10. The van der Waals surface area contributed by atoms with Crippen LogP contribution in [-0.2, 0) is 0 Å². The molecule has 1 heterocycles. The minimum absolute atomic E-state index is 0.316. The Kier molecular flexibility index (Phi) is 2.71. The van der Waals surface area contributed by atoms with Crippen molar-refractivity contribution in [2.75, 3.05) is 0 Å². The summed E-state index contributed by atoms with van der Waals surface area (Å²) in [5, 5.41) is 8.52. The van der Waals surface area contributed by atoms with Gasteiger partial charge in [0.2, 0.25) is 0 Å². The molecule has 12 heavy (non-hydrogen) atoms. The Labute approximate surface area is 72.1 Å². The van der Waals surface area contributed by atoms with Gasteiger partial charge in [-0.1, -0.05) is 13.8 Å². The van der Waals surface area contributed by atoms with Crippen molar-refractivity contribution in [2.24, 2.45) is 5.92 Å². The molecular formula is C10H11NO. The first-order valence-corrected chi connectivity index (χ1v) is 3.89. The molecule has 1 aromatic heterocycles. The van der Waals surface area contributed by atoms with Crippen LogP contribution in [0.15, 0.2) is 28.9 Å². The number of hydrogen-bond acceptors (Lipinski definition) is 2. The lowest BCUT2D eigenvalue weighted by Crippen LogP contribution is -1.91. The molecule has 0 aliphatic heterocycles. The van der Waals surface area contributed by atoms with Gasteiger partial charge in [-0.05, 0) is 18.1 Å². The molecule has 2 nitrogen and oxygen atoms in total. The van der Waals surface area contributed by atoms with Crippen LogP contribution in [0.1, 0.15) is 19.6 Å². The van der Waals surface area contributed by atoms with E-state index in [-0.39, 0.29) is 0 Å². The number of nitrogens with zero attached hydrogens (tertiary/aromatic N) is 1. The normalized spacial score (nSPS) is 11.7. The topological polar surface area (TPSA) is 36.9 Å². The molecule has 0 atom stereocenters. The van der Waals surface area contributed by atoms with Gasteiger partial charge in [0.15, 0.2) is 0 Å². The maximum atomic E-state index is 8.52. The Morgan fingerprint density at radius 2 is 2.42 bits per heavy atom. The van der Waals surface area contributed by atoms with Gasteiger partial charge in [0.05, 0.1) is 12.3 Å². The predicted molar refractivity (Wildman–Crippen MR) is 47.1 cm³/mol. The second-order valence-corrected chi connectivity index (χ2v) is 2.86. The molecule has 0 unspecified atom stereocenters. The third kappa shape index (κ3) is 1.76. The van der Waals surface area contributed by atoms with E-state index in [2.05, 4.69) is 0 Å². The molecule has 1 aromatic rings. The number of furan rings is 1. The summed E-state index contributed by atoms with van der Waals surface area (Å²) in [4.78, 5) is 0. The predicted octanol–water partition coefficient (Wildman–Crippen LogP) is 2.84. The Hall–Kier alpha value is -1.49. The molecule has 0 aliphatic rings. The zero-order valence-corrected chi connectivity index (χ0v) is 7.24. The first-order chi connectivity index (χ1) is 5.75. The van der Waals surface area contributed by atoms with Gasteiger partial charge in [-0.3, -0.25) is 0 Å². The van der Waals surface area contributed by atoms with Crippen LogP contribution >= 0.6 is 0 Å². The molecule has 62 valence electrons. The molecular weight excluding hydrogens is 150 g/mol. The Morgan fingerprint density at radius 3 is 2.83 bits per heavy atom. The fraction of sp³-hybridized carbons (Fsp3) is 0.300. The molecule has 0 aliphatic carbocycles. The van der Waals surface area contributed by atoms with Gasteiger partial charge in [-0.15, -0.1) is 0 Å². The largest absolute Gasteiger partial charge is 0.465 e. The van der Waals surface area contributed by atoms with Crippen LogP contribution in [-0.4, -0.2) is 0 Å². The van der Waals surface area contributed by atoms with Gasteiger partial charge in [-0.2, -0.15) is 5.26 Å². The summed E-state index contributed by atoms with van der Waals surface area (Å²) in [6.45, 7) is 4.07. The van der Waals surface area contributed by atoms with Gasteiger partial charge < -0.3 is 4.42 Å². The van der Waals surface area contributed by atoms with Crippen LogP contribution in [0.5, 0.6) is 0 Å². The SMILES string of the molecule is CC(C)/C(=C\C#N)c1ccco1. The molecule has 0 spiro atoms. The van der Waals surface area contributed by atoms with E-state index in [1.165, 1.54) is 6.08 Å². The Balaban J connectivity index is 2.98. The van der Waals surface area contributed by atoms with E-state index in [0.717, 1.165) is 11.3 Å². The minimum Gasteiger partial charge on any atom is -0.465 e. The second kappa shape index (κ2) is 3.77. The van der Waals surface area contributed by atoms with Crippen LogP contribution in [0, 0.1) is 17.2 Å². The lowest BCUT2D eigenvalue weighted by molar-refractivity contribution is 0.545. The molecule has 0 saturated heterocycles. The van der Waals surface area contributed by atoms with Gasteiger partial charge in [0.1, 0.15) is 5.76 Å². The first kappa shape index (κ1) is 8.61.